The molecule has 3 rings (SSSR count). The van der Waals surface area contributed by atoms with Crippen LogP contribution in [0.5, 0.6) is 0 Å². The monoisotopic (exact) mass is 394 g/mol. The van der Waals surface area contributed by atoms with Crippen LogP contribution in [0.15, 0.2) is 0 Å². The molecule has 0 bridgehead atoms. The maximum Gasteiger partial charge on any atom is 0.312 e. The van der Waals surface area contributed by atoms with Crippen molar-refractivity contribution in [2.45, 2.75) is 91.5 Å². The minimum Gasteiger partial charge on any atom is -0.465 e. The van der Waals surface area contributed by atoms with E-state index in [1.807, 2.05) is 0 Å². The number of carbonyl (C=O) groups is 2. The number of hydrogen-bond donors (Lipinski definition) is 0. The van der Waals surface area contributed by atoms with Crippen LogP contribution in [-0.4, -0.2) is 33.3 Å². The predicted molar refractivity (Wildman–Crippen MR) is 109 cm³/mol. The minimum absolute atomic E-state index is 0.0165. The summed E-state index contributed by atoms with van der Waals surface area (Å²) < 4.78 is 12.4. The second-order valence-corrected chi connectivity index (χ2v) is 14.6. The molecule has 0 amide bonds. The number of esters is 1. The van der Waals surface area contributed by atoms with Gasteiger partial charge < -0.3 is 14.0 Å². The number of cyclic esters (lactones) is 1. The van der Waals surface area contributed by atoms with Gasteiger partial charge in [0.25, 0.3) is 0 Å². The summed E-state index contributed by atoms with van der Waals surface area (Å²) in [5.41, 5.74) is -1.20. The van der Waals surface area contributed by atoms with Gasteiger partial charge in [-0.2, -0.15) is 0 Å². The molecule has 0 radical (unpaired) electrons. The molecule has 5 heteroatoms. The molecule has 3 aliphatic rings. The van der Waals surface area contributed by atoms with E-state index in [9.17, 15) is 9.59 Å². The summed E-state index contributed by atoms with van der Waals surface area (Å²) >= 11 is 0. The van der Waals surface area contributed by atoms with Gasteiger partial charge in [0, 0.05) is 5.92 Å². The molecule has 0 aromatic carbocycles. The lowest BCUT2D eigenvalue weighted by Crippen LogP contribution is -2.64. The highest BCUT2D eigenvalue weighted by Crippen LogP contribution is 2.68. The van der Waals surface area contributed by atoms with Gasteiger partial charge in [-0.25, -0.2) is 0 Å². The van der Waals surface area contributed by atoms with Crippen LogP contribution >= 0.6 is 0 Å². The number of aldehydes is 1. The molecule has 1 aliphatic heterocycles. The number of rotatable bonds is 6. The first kappa shape index (κ1) is 21.0. The quantitative estimate of drug-likeness (QED) is 0.362. The highest BCUT2D eigenvalue weighted by Gasteiger charge is 2.69. The van der Waals surface area contributed by atoms with Gasteiger partial charge in [0.05, 0.1) is 23.5 Å². The van der Waals surface area contributed by atoms with E-state index in [1.54, 1.807) is 0 Å². The molecule has 2 aliphatic carbocycles. The topological polar surface area (TPSA) is 52.6 Å². The number of hydrogen-bond acceptors (Lipinski definition) is 4. The van der Waals surface area contributed by atoms with Crippen molar-refractivity contribution in [1.82, 2.24) is 0 Å². The number of ether oxygens (including phenoxy) is 1. The zero-order valence-corrected chi connectivity index (χ0v) is 19.1. The Kier molecular flexibility index (Phi) is 5.44. The van der Waals surface area contributed by atoms with Crippen LogP contribution < -0.4 is 0 Å². The number of fused-ring (bicyclic) bond motifs is 3. The zero-order chi connectivity index (χ0) is 20.1. The summed E-state index contributed by atoms with van der Waals surface area (Å²) in [7, 11) is -1.80. The SMILES string of the molecule is CC[Si](CC)(CC)O[C@H]1CC[C@@]2(C)[C@@H](CC[C@H]3COC(=O)[C@@]32C)[C@]1(C)C=O. The molecule has 0 spiro atoms. The van der Waals surface area contributed by atoms with Crippen molar-refractivity contribution in [3.63, 3.8) is 0 Å². The molecule has 154 valence electrons. The third-order valence-corrected chi connectivity index (χ3v) is 14.0. The Morgan fingerprint density at radius 2 is 1.74 bits per heavy atom. The maximum absolute atomic E-state index is 12.8. The van der Waals surface area contributed by atoms with Gasteiger partial charge in [-0.3, -0.25) is 4.79 Å². The van der Waals surface area contributed by atoms with Crippen molar-refractivity contribution in [1.29, 1.82) is 0 Å². The van der Waals surface area contributed by atoms with Gasteiger partial charge in [0.2, 0.25) is 0 Å². The average molecular weight is 395 g/mol. The van der Waals surface area contributed by atoms with E-state index >= 15 is 0 Å². The van der Waals surface area contributed by atoms with E-state index in [4.69, 9.17) is 9.16 Å². The van der Waals surface area contributed by atoms with Gasteiger partial charge in [0.1, 0.15) is 6.29 Å². The van der Waals surface area contributed by atoms with E-state index in [0.29, 0.717) is 6.61 Å². The summed E-state index contributed by atoms with van der Waals surface area (Å²) in [6.45, 7) is 13.7. The Morgan fingerprint density at radius 3 is 2.30 bits per heavy atom. The Balaban J connectivity index is 1.98. The fourth-order valence-electron chi connectivity index (χ4n) is 6.82. The molecule has 6 atom stereocenters. The highest BCUT2D eigenvalue weighted by atomic mass is 28.4. The van der Waals surface area contributed by atoms with Crippen LogP contribution in [0.25, 0.3) is 0 Å². The first-order valence-corrected chi connectivity index (χ1v) is 13.5. The van der Waals surface area contributed by atoms with E-state index in [1.165, 1.54) is 6.29 Å². The van der Waals surface area contributed by atoms with E-state index in [-0.39, 0.29) is 29.3 Å². The molecular weight excluding hydrogens is 356 g/mol. The Hall–Kier alpha value is -0.683. The van der Waals surface area contributed by atoms with Crippen molar-refractivity contribution in [3.05, 3.63) is 0 Å². The van der Waals surface area contributed by atoms with Crippen molar-refractivity contribution in [2.24, 2.45) is 28.1 Å². The normalized spacial score (nSPS) is 44.4. The lowest BCUT2D eigenvalue weighted by molar-refractivity contribution is -0.188. The lowest BCUT2D eigenvalue weighted by Gasteiger charge is -2.62. The molecule has 0 aromatic rings. The molecule has 4 nitrogen and oxygen atoms in total. The van der Waals surface area contributed by atoms with Gasteiger partial charge in [0.15, 0.2) is 8.32 Å². The summed E-state index contributed by atoms with van der Waals surface area (Å²) in [4.78, 5) is 25.3. The molecular formula is C22H38O4Si. The van der Waals surface area contributed by atoms with Crippen LogP contribution in [0.3, 0.4) is 0 Å². The Labute approximate surface area is 165 Å². The van der Waals surface area contributed by atoms with Crippen LogP contribution in [0.4, 0.5) is 0 Å². The van der Waals surface area contributed by atoms with Crippen LogP contribution in [0.2, 0.25) is 18.1 Å². The molecule has 3 fully saturated rings. The average Bonchev–Trinajstić information content (AvgIpc) is 2.98. The third-order valence-electron chi connectivity index (χ3n) is 9.37. The van der Waals surface area contributed by atoms with Crippen molar-refractivity contribution in [3.8, 4) is 0 Å². The van der Waals surface area contributed by atoms with E-state index < -0.39 is 19.1 Å². The molecule has 1 heterocycles. The van der Waals surface area contributed by atoms with Crippen LogP contribution in [0, 0.1) is 28.1 Å². The Bertz CT molecular complexity index is 595. The Morgan fingerprint density at radius 1 is 1.11 bits per heavy atom. The smallest absolute Gasteiger partial charge is 0.312 e. The largest absolute Gasteiger partial charge is 0.465 e. The second-order valence-electron chi connectivity index (χ2n) is 9.92. The first-order chi connectivity index (χ1) is 12.7. The van der Waals surface area contributed by atoms with E-state index in [2.05, 4.69) is 41.5 Å². The van der Waals surface area contributed by atoms with Crippen molar-refractivity contribution in [2.75, 3.05) is 6.61 Å². The highest BCUT2D eigenvalue weighted by molar-refractivity contribution is 6.73. The van der Waals surface area contributed by atoms with Crippen LogP contribution in [-0.2, 0) is 18.8 Å². The molecule has 0 N–H and O–H groups in total. The van der Waals surface area contributed by atoms with Gasteiger partial charge in [-0.15, -0.1) is 0 Å². The number of carbonyl (C=O) groups excluding carboxylic acids is 2. The standard InChI is InChI=1S/C22H38O4Si/c1-7-27(8-2,9-3)26-18-12-13-21(5)17(20(18,4)15-23)11-10-16-14-25-19(24)22(16,21)6/h15-18H,7-14H2,1-6H3/t16-,17-,18-,20-,21-,22+/m0/s1. The fraction of sp³-hybridized carbons (Fsp3) is 0.909. The van der Waals surface area contributed by atoms with Crippen LogP contribution in [0.1, 0.15) is 67.2 Å². The van der Waals surface area contributed by atoms with Crippen molar-refractivity contribution >= 4 is 20.6 Å². The predicted octanol–water partition coefficient (Wildman–Crippen LogP) is 4.97. The summed E-state index contributed by atoms with van der Waals surface area (Å²) in [5.74, 6) is 0.409. The maximum atomic E-state index is 12.8. The zero-order valence-electron chi connectivity index (χ0n) is 18.1. The fourth-order valence-corrected chi connectivity index (χ4v) is 9.80. The molecule has 0 unspecified atom stereocenters. The van der Waals surface area contributed by atoms with Crippen molar-refractivity contribution < 1.29 is 18.8 Å². The van der Waals surface area contributed by atoms with E-state index in [0.717, 1.165) is 43.8 Å². The molecule has 27 heavy (non-hydrogen) atoms. The molecule has 0 aromatic heterocycles. The summed E-state index contributed by atoms with van der Waals surface area (Å²) in [6.07, 6.45) is 4.92. The van der Waals surface area contributed by atoms with Gasteiger partial charge in [-0.05, 0) is 62.1 Å². The summed E-state index contributed by atoms with van der Waals surface area (Å²) in [6, 6.07) is 3.29. The molecule has 2 saturated carbocycles. The van der Waals surface area contributed by atoms with Gasteiger partial charge >= 0.3 is 5.97 Å². The lowest BCUT2D eigenvalue weighted by atomic mass is 9.41. The minimum atomic E-state index is -1.80. The summed E-state index contributed by atoms with van der Waals surface area (Å²) in [5, 5.41) is 0. The molecule has 1 saturated heterocycles. The first-order valence-electron chi connectivity index (χ1n) is 11.0. The third kappa shape index (κ3) is 2.71. The van der Waals surface area contributed by atoms with Gasteiger partial charge in [-0.1, -0.05) is 34.6 Å². The second kappa shape index (κ2) is 6.98.